The number of hydrogen-bond donors (Lipinski definition) is 0. The fourth-order valence-corrected chi connectivity index (χ4v) is 5.95. The van der Waals surface area contributed by atoms with Crippen LogP contribution >= 0.6 is 0 Å². The Morgan fingerprint density at radius 2 is 1.10 bits per heavy atom. The average molecular weight is 427 g/mol. The first-order valence-electron chi connectivity index (χ1n) is 13.6. The Balaban J connectivity index is 1.24. The Kier molecular flexibility index (Phi) is 10.1. The molecule has 3 saturated heterocycles. The highest BCUT2D eigenvalue weighted by molar-refractivity contribution is 5.47. The molecule has 1 aromatic carbocycles. The highest BCUT2D eigenvalue weighted by Gasteiger charge is 2.48. The standard InChI is InChI=1S/C29H50N2/c1-3-5-6-7-8-9-10-11-12-13-14-15-20-30-21-24-31(25-22-30,26-23-30)27-29-18-16-28(4-2)17-19-29/h4,16-19H,2-3,5-15,20-27H2,1H3/q+2. The predicted octanol–water partition coefficient (Wildman–Crippen LogP) is 7.19. The van der Waals surface area contributed by atoms with Crippen molar-refractivity contribution in [3.8, 4) is 0 Å². The first-order valence-corrected chi connectivity index (χ1v) is 13.6. The van der Waals surface area contributed by atoms with Gasteiger partial charge in [0.05, 0.1) is 6.54 Å². The fraction of sp³-hybridized carbons (Fsp3) is 0.724. The molecule has 174 valence electrons. The lowest BCUT2D eigenvalue weighted by Crippen LogP contribution is -2.74. The molecule has 0 N–H and O–H groups in total. The van der Waals surface area contributed by atoms with Gasteiger partial charge < -0.3 is 8.97 Å². The highest BCUT2D eigenvalue weighted by atomic mass is 15.5. The van der Waals surface area contributed by atoms with Gasteiger partial charge >= 0.3 is 0 Å². The lowest BCUT2D eigenvalue weighted by molar-refractivity contribution is -1.09. The Morgan fingerprint density at radius 3 is 1.58 bits per heavy atom. The van der Waals surface area contributed by atoms with Gasteiger partial charge in [-0.15, -0.1) is 0 Å². The molecule has 1 aromatic rings. The minimum Gasteiger partial charge on any atom is -0.310 e. The van der Waals surface area contributed by atoms with Gasteiger partial charge in [0.25, 0.3) is 0 Å². The molecule has 0 unspecified atom stereocenters. The van der Waals surface area contributed by atoms with Crippen LogP contribution in [-0.2, 0) is 6.54 Å². The van der Waals surface area contributed by atoms with Gasteiger partial charge in [-0.3, -0.25) is 0 Å². The van der Waals surface area contributed by atoms with Crippen LogP contribution in [0.4, 0.5) is 0 Å². The summed E-state index contributed by atoms with van der Waals surface area (Å²) >= 11 is 0. The van der Waals surface area contributed by atoms with Crippen molar-refractivity contribution < 1.29 is 8.97 Å². The molecule has 0 amide bonds. The van der Waals surface area contributed by atoms with Gasteiger partial charge in [0.15, 0.2) is 0 Å². The third-order valence-corrected chi connectivity index (χ3v) is 8.37. The van der Waals surface area contributed by atoms with Crippen molar-refractivity contribution in [3.05, 3.63) is 42.0 Å². The van der Waals surface area contributed by atoms with E-state index in [1.54, 1.807) is 0 Å². The van der Waals surface area contributed by atoms with Crippen LogP contribution in [0.1, 0.15) is 95.1 Å². The fourth-order valence-electron chi connectivity index (χ4n) is 5.95. The van der Waals surface area contributed by atoms with Crippen molar-refractivity contribution in [2.24, 2.45) is 0 Å². The minimum atomic E-state index is 1.23. The van der Waals surface area contributed by atoms with Crippen molar-refractivity contribution in [2.75, 3.05) is 45.8 Å². The lowest BCUT2D eigenvalue weighted by atomic mass is 10.0. The number of rotatable bonds is 16. The average Bonchev–Trinajstić information content (AvgIpc) is 2.81. The molecule has 3 fully saturated rings. The minimum absolute atomic E-state index is 1.23. The zero-order valence-electron chi connectivity index (χ0n) is 20.6. The van der Waals surface area contributed by atoms with Crippen molar-refractivity contribution in [3.63, 3.8) is 0 Å². The summed E-state index contributed by atoms with van der Waals surface area (Å²) in [5.74, 6) is 0. The van der Waals surface area contributed by atoms with Crippen LogP contribution in [0.2, 0.25) is 0 Å². The Morgan fingerprint density at radius 1 is 0.645 bits per heavy atom. The van der Waals surface area contributed by atoms with Crippen LogP contribution in [-0.4, -0.2) is 54.8 Å². The number of unbranched alkanes of at least 4 members (excludes halogenated alkanes) is 11. The molecule has 2 bridgehead atoms. The van der Waals surface area contributed by atoms with Crippen molar-refractivity contribution in [2.45, 2.75) is 90.5 Å². The van der Waals surface area contributed by atoms with Crippen LogP contribution in [0.5, 0.6) is 0 Å². The summed E-state index contributed by atoms with van der Waals surface area (Å²) in [5, 5.41) is 0. The molecule has 0 radical (unpaired) electrons. The second-order valence-electron chi connectivity index (χ2n) is 10.7. The summed E-state index contributed by atoms with van der Waals surface area (Å²) in [6.45, 7) is 17.3. The Bertz CT molecular complexity index is 608. The smallest absolute Gasteiger partial charge is 0.129 e. The molecule has 3 aliphatic heterocycles. The molecule has 3 heterocycles. The molecule has 3 aliphatic rings. The van der Waals surface area contributed by atoms with E-state index in [0.29, 0.717) is 0 Å². The first-order chi connectivity index (χ1) is 15.2. The Hall–Kier alpha value is -1.12. The van der Waals surface area contributed by atoms with E-state index in [4.69, 9.17) is 0 Å². The molecule has 0 spiro atoms. The van der Waals surface area contributed by atoms with E-state index in [1.807, 2.05) is 6.08 Å². The van der Waals surface area contributed by atoms with Crippen LogP contribution in [0, 0.1) is 0 Å². The normalized spacial score (nSPS) is 25.1. The van der Waals surface area contributed by atoms with Crippen LogP contribution in [0.25, 0.3) is 6.08 Å². The van der Waals surface area contributed by atoms with Crippen molar-refractivity contribution >= 4 is 6.08 Å². The molecule has 4 rings (SSSR count). The van der Waals surface area contributed by atoms with E-state index in [0.717, 1.165) is 0 Å². The zero-order valence-corrected chi connectivity index (χ0v) is 20.6. The number of benzene rings is 1. The van der Waals surface area contributed by atoms with Gasteiger partial charge in [0.1, 0.15) is 45.8 Å². The Labute approximate surface area is 193 Å². The van der Waals surface area contributed by atoms with Gasteiger partial charge in [-0.25, -0.2) is 0 Å². The van der Waals surface area contributed by atoms with Crippen LogP contribution in [0.3, 0.4) is 0 Å². The summed E-state index contributed by atoms with van der Waals surface area (Å²) in [4.78, 5) is 0. The molecular formula is C29H50N2+2. The van der Waals surface area contributed by atoms with Gasteiger partial charge in [-0.05, 0) is 18.4 Å². The summed E-state index contributed by atoms with van der Waals surface area (Å²) in [5.41, 5.74) is 2.74. The number of fused-ring (bicyclic) bond motifs is 3. The van der Waals surface area contributed by atoms with Crippen LogP contribution < -0.4 is 0 Å². The number of quaternary nitrogens is 2. The number of nitrogens with zero attached hydrogens (tertiary/aromatic N) is 2. The van der Waals surface area contributed by atoms with E-state index in [9.17, 15) is 0 Å². The summed E-state index contributed by atoms with van der Waals surface area (Å²) in [7, 11) is 0. The van der Waals surface area contributed by atoms with E-state index in [-0.39, 0.29) is 0 Å². The maximum absolute atomic E-state index is 3.88. The molecule has 0 atom stereocenters. The van der Waals surface area contributed by atoms with Crippen LogP contribution in [0.15, 0.2) is 30.8 Å². The van der Waals surface area contributed by atoms with E-state index >= 15 is 0 Å². The van der Waals surface area contributed by atoms with Gasteiger partial charge in [0, 0.05) is 5.56 Å². The highest BCUT2D eigenvalue weighted by Crippen LogP contribution is 2.29. The van der Waals surface area contributed by atoms with E-state index in [2.05, 4.69) is 37.8 Å². The molecule has 0 aromatic heterocycles. The molecule has 2 nitrogen and oxygen atoms in total. The summed E-state index contributed by atoms with van der Waals surface area (Å²) < 4.78 is 2.78. The van der Waals surface area contributed by atoms with Gasteiger partial charge in [-0.2, -0.15) is 0 Å². The van der Waals surface area contributed by atoms with Gasteiger partial charge in [0.2, 0.25) is 0 Å². The van der Waals surface area contributed by atoms with Crippen molar-refractivity contribution in [1.29, 1.82) is 0 Å². The lowest BCUT2D eigenvalue weighted by Gasteiger charge is -2.55. The third-order valence-electron chi connectivity index (χ3n) is 8.37. The second-order valence-corrected chi connectivity index (χ2v) is 10.7. The summed E-state index contributed by atoms with van der Waals surface area (Å²) in [6.07, 6.45) is 19.4. The molecular weight excluding hydrogens is 376 g/mol. The second kappa shape index (κ2) is 12.8. The first kappa shape index (κ1) is 24.5. The number of hydrogen-bond acceptors (Lipinski definition) is 0. The molecule has 31 heavy (non-hydrogen) atoms. The quantitative estimate of drug-likeness (QED) is 0.194. The molecule has 0 aliphatic carbocycles. The monoisotopic (exact) mass is 426 g/mol. The van der Waals surface area contributed by atoms with Crippen molar-refractivity contribution in [1.82, 2.24) is 0 Å². The van der Waals surface area contributed by atoms with Gasteiger partial charge in [-0.1, -0.05) is 108 Å². The molecule has 2 heteroatoms. The third kappa shape index (κ3) is 7.75. The maximum atomic E-state index is 3.88. The largest absolute Gasteiger partial charge is 0.310 e. The predicted molar refractivity (Wildman–Crippen MR) is 136 cm³/mol. The zero-order chi connectivity index (χ0) is 21.8. The topological polar surface area (TPSA) is 0 Å². The van der Waals surface area contributed by atoms with E-state index < -0.39 is 0 Å². The van der Waals surface area contributed by atoms with E-state index in [1.165, 1.54) is 150 Å². The summed E-state index contributed by atoms with van der Waals surface area (Å²) in [6, 6.07) is 9.09. The maximum Gasteiger partial charge on any atom is 0.129 e. The number of piperazine rings is 3. The SMILES string of the molecule is C=Cc1ccc(C[N+]23CC[N+](CCCCCCCCCCCCCC)(CC2)CC3)cc1. The molecule has 0 saturated carbocycles.